The minimum Gasteiger partial charge on any atom is -0.326 e. The maximum absolute atomic E-state index is 12.6. The predicted molar refractivity (Wildman–Crippen MR) is 93.6 cm³/mol. The lowest BCUT2D eigenvalue weighted by atomic mass is 10.0. The van der Waals surface area contributed by atoms with Gasteiger partial charge in [0.25, 0.3) is 5.91 Å². The summed E-state index contributed by atoms with van der Waals surface area (Å²) in [4.78, 5) is 31.7. The van der Waals surface area contributed by atoms with Gasteiger partial charge in [0.15, 0.2) is 0 Å². The predicted octanol–water partition coefficient (Wildman–Crippen LogP) is 3.54. The highest BCUT2D eigenvalue weighted by molar-refractivity contribution is 9.10. The molecular weight excluding hydrogens is 378 g/mol. The third-order valence-electron chi connectivity index (χ3n) is 3.78. The highest BCUT2D eigenvalue weighted by Gasteiger charge is 2.33. The number of anilines is 1. The molecule has 3 heterocycles. The van der Waals surface area contributed by atoms with Crippen LogP contribution in [-0.4, -0.2) is 34.3 Å². The highest BCUT2D eigenvalue weighted by Crippen LogP contribution is 2.23. The molecule has 1 atom stereocenters. The lowest BCUT2D eigenvalue weighted by Crippen LogP contribution is -2.49. The average molecular weight is 394 g/mol. The molecule has 3 rings (SSSR count). The largest absolute Gasteiger partial charge is 0.326 e. The molecule has 7 heteroatoms. The molecular formula is C16H16BrN3O2S. The summed E-state index contributed by atoms with van der Waals surface area (Å²) >= 11 is 4.72. The molecule has 5 nitrogen and oxygen atoms in total. The Labute approximate surface area is 146 Å². The number of nitrogens with one attached hydrogen (secondary N) is 1. The maximum atomic E-state index is 12.6. The Morgan fingerprint density at radius 3 is 2.87 bits per heavy atom. The molecule has 1 fully saturated rings. The van der Waals surface area contributed by atoms with Crippen molar-refractivity contribution in [3.8, 4) is 0 Å². The van der Waals surface area contributed by atoms with Gasteiger partial charge in [-0.05, 0) is 58.8 Å². The van der Waals surface area contributed by atoms with E-state index in [0.717, 1.165) is 17.3 Å². The maximum Gasteiger partial charge on any atom is 0.264 e. The molecule has 1 unspecified atom stereocenters. The molecule has 0 aliphatic carbocycles. The zero-order valence-corrected chi connectivity index (χ0v) is 14.8. The monoisotopic (exact) mass is 393 g/mol. The van der Waals surface area contributed by atoms with Crippen LogP contribution in [-0.2, 0) is 4.79 Å². The van der Waals surface area contributed by atoms with E-state index in [2.05, 4.69) is 26.2 Å². The van der Waals surface area contributed by atoms with Crippen LogP contribution in [0.5, 0.6) is 0 Å². The van der Waals surface area contributed by atoms with Crippen LogP contribution in [0.25, 0.3) is 0 Å². The zero-order chi connectivity index (χ0) is 16.2. The second kappa shape index (κ2) is 7.23. The lowest BCUT2D eigenvalue weighted by molar-refractivity contribution is -0.121. The minimum absolute atomic E-state index is 0.0661. The molecule has 2 amide bonds. The minimum atomic E-state index is -0.441. The van der Waals surface area contributed by atoms with E-state index in [9.17, 15) is 9.59 Å². The van der Waals surface area contributed by atoms with Crippen molar-refractivity contribution in [2.75, 3.05) is 11.9 Å². The van der Waals surface area contributed by atoms with Gasteiger partial charge >= 0.3 is 0 Å². The molecule has 0 aromatic carbocycles. The van der Waals surface area contributed by atoms with Crippen molar-refractivity contribution in [2.45, 2.75) is 25.3 Å². The van der Waals surface area contributed by atoms with Gasteiger partial charge in [-0.3, -0.25) is 9.59 Å². The number of aromatic nitrogens is 1. The molecule has 23 heavy (non-hydrogen) atoms. The number of pyridine rings is 1. The number of nitrogens with zero attached hydrogens (tertiary/aromatic N) is 2. The summed E-state index contributed by atoms with van der Waals surface area (Å²) < 4.78 is 0.850. The summed E-state index contributed by atoms with van der Waals surface area (Å²) in [7, 11) is 0. The molecule has 2 aromatic rings. The number of hydrogen-bond acceptors (Lipinski definition) is 4. The number of likely N-dealkylation sites (tertiary alicyclic amines) is 1. The summed E-state index contributed by atoms with van der Waals surface area (Å²) in [6.07, 6.45) is 4.18. The van der Waals surface area contributed by atoms with Gasteiger partial charge in [0.1, 0.15) is 11.9 Å². The van der Waals surface area contributed by atoms with Crippen molar-refractivity contribution in [3.63, 3.8) is 0 Å². The van der Waals surface area contributed by atoms with Gasteiger partial charge in [-0.25, -0.2) is 4.98 Å². The number of carbonyl (C=O) groups excluding carboxylic acids is 2. The first-order valence-corrected chi connectivity index (χ1v) is 9.09. The van der Waals surface area contributed by atoms with Crippen LogP contribution in [0.4, 0.5) is 5.82 Å². The second-order valence-electron chi connectivity index (χ2n) is 5.34. The first kappa shape index (κ1) is 16.1. The van der Waals surface area contributed by atoms with Gasteiger partial charge in [0, 0.05) is 17.2 Å². The van der Waals surface area contributed by atoms with Crippen LogP contribution in [0, 0.1) is 0 Å². The quantitative estimate of drug-likeness (QED) is 0.866. The standard InChI is InChI=1S/C16H16BrN3O2S/c17-11-6-7-14(18-10-11)19-15(21)12-4-1-2-8-20(12)16(22)13-5-3-9-23-13/h3,5-7,9-10,12H,1-2,4,8H2,(H,18,19,21). The van der Waals surface area contributed by atoms with Gasteiger partial charge in [0.2, 0.25) is 5.91 Å². The molecule has 1 saturated heterocycles. The lowest BCUT2D eigenvalue weighted by Gasteiger charge is -2.34. The van der Waals surface area contributed by atoms with E-state index in [-0.39, 0.29) is 11.8 Å². The molecule has 1 aliphatic rings. The van der Waals surface area contributed by atoms with E-state index >= 15 is 0 Å². The van der Waals surface area contributed by atoms with Gasteiger partial charge in [0.05, 0.1) is 4.88 Å². The first-order chi connectivity index (χ1) is 11.1. The van der Waals surface area contributed by atoms with Gasteiger partial charge in [-0.2, -0.15) is 0 Å². The number of piperidine rings is 1. The van der Waals surface area contributed by atoms with Crippen molar-refractivity contribution >= 4 is 44.9 Å². The van der Waals surface area contributed by atoms with Crippen LogP contribution in [0.2, 0.25) is 0 Å². The van der Waals surface area contributed by atoms with E-state index in [1.54, 1.807) is 23.2 Å². The first-order valence-electron chi connectivity index (χ1n) is 7.42. The summed E-state index contributed by atoms with van der Waals surface area (Å²) in [5.41, 5.74) is 0. The topological polar surface area (TPSA) is 62.3 Å². The highest BCUT2D eigenvalue weighted by atomic mass is 79.9. The number of halogens is 1. The Hall–Kier alpha value is -1.73. The van der Waals surface area contributed by atoms with Crippen molar-refractivity contribution < 1.29 is 9.59 Å². The van der Waals surface area contributed by atoms with Gasteiger partial charge in [-0.1, -0.05) is 6.07 Å². The van der Waals surface area contributed by atoms with Crippen LogP contribution in [0.3, 0.4) is 0 Å². The smallest absolute Gasteiger partial charge is 0.264 e. The molecule has 0 bridgehead atoms. The third kappa shape index (κ3) is 3.79. The number of thiophene rings is 1. The van der Waals surface area contributed by atoms with E-state index in [1.807, 2.05) is 17.5 Å². The summed E-state index contributed by atoms with van der Waals surface area (Å²) in [5, 5.41) is 4.68. The van der Waals surface area contributed by atoms with Crippen LogP contribution < -0.4 is 5.32 Å². The van der Waals surface area contributed by atoms with Crippen LogP contribution in [0.1, 0.15) is 28.9 Å². The fourth-order valence-corrected chi connectivity index (χ4v) is 3.56. The summed E-state index contributed by atoms with van der Waals surface area (Å²) in [6.45, 7) is 0.614. The second-order valence-corrected chi connectivity index (χ2v) is 7.20. The Balaban J connectivity index is 1.74. The molecule has 120 valence electrons. The van der Waals surface area contributed by atoms with E-state index < -0.39 is 6.04 Å². The normalized spacial score (nSPS) is 17.8. The Morgan fingerprint density at radius 2 is 2.17 bits per heavy atom. The van der Waals surface area contributed by atoms with E-state index in [4.69, 9.17) is 0 Å². The fourth-order valence-electron chi connectivity index (χ4n) is 2.65. The summed E-state index contributed by atoms with van der Waals surface area (Å²) in [6, 6.07) is 6.76. The Morgan fingerprint density at radius 1 is 1.30 bits per heavy atom. The van der Waals surface area contributed by atoms with Crippen LogP contribution in [0.15, 0.2) is 40.3 Å². The molecule has 2 aromatic heterocycles. The number of hydrogen-bond donors (Lipinski definition) is 1. The number of rotatable bonds is 3. The van der Waals surface area contributed by atoms with E-state index in [1.165, 1.54) is 11.3 Å². The van der Waals surface area contributed by atoms with Crippen LogP contribution >= 0.6 is 27.3 Å². The van der Waals surface area contributed by atoms with E-state index in [0.29, 0.717) is 23.7 Å². The fraction of sp³-hybridized carbons (Fsp3) is 0.312. The number of amides is 2. The Kier molecular flexibility index (Phi) is 5.07. The number of carbonyl (C=O) groups is 2. The van der Waals surface area contributed by atoms with Gasteiger partial charge < -0.3 is 10.2 Å². The van der Waals surface area contributed by atoms with Crippen molar-refractivity contribution in [2.24, 2.45) is 0 Å². The van der Waals surface area contributed by atoms with Gasteiger partial charge in [-0.15, -0.1) is 11.3 Å². The van der Waals surface area contributed by atoms with Crippen molar-refractivity contribution in [1.29, 1.82) is 0 Å². The molecule has 1 aliphatic heterocycles. The average Bonchev–Trinajstić information content (AvgIpc) is 3.11. The zero-order valence-electron chi connectivity index (χ0n) is 12.4. The van der Waals surface area contributed by atoms with Crippen molar-refractivity contribution in [1.82, 2.24) is 9.88 Å². The summed E-state index contributed by atoms with van der Waals surface area (Å²) in [5.74, 6) is 0.250. The molecule has 1 N–H and O–H groups in total. The molecule has 0 spiro atoms. The molecule has 0 radical (unpaired) electrons. The Bertz CT molecular complexity index is 688. The third-order valence-corrected chi connectivity index (χ3v) is 5.10. The SMILES string of the molecule is O=C(Nc1ccc(Br)cn1)C1CCCCN1C(=O)c1cccs1. The molecule has 0 saturated carbocycles. The van der Waals surface area contributed by atoms with Crippen molar-refractivity contribution in [3.05, 3.63) is 45.2 Å².